The van der Waals surface area contributed by atoms with Gasteiger partial charge in [-0.15, -0.1) is 0 Å². The molecule has 3 aromatic carbocycles. The van der Waals surface area contributed by atoms with Gasteiger partial charge in [0.15, 0.2) is 0 Å². The van der Waals surface area contributed by atoms with E-state index in [0.29, 0.717) is 11.3 Å². The molecular weight excluding hydrogens is 450 g/mol. The number of hydrogen-bond acceptors (Lipinski definition) is 5. The topological polar surface area (TPSA) is 121 Å². The number of anilines is 1. The second-order valence-electron chi connectivity index (χ2n) is 7.05. The summed E-state index contributed by atoms with van der Waals surface area (Å²) in [5, 5.41) is 2.69. The van der Waals surface area contributed by atoms with Gasteiger partial charge in [-0.05, 0) is 35.4 Å². The SMILES string of the molecule is CS(=O)(=O)Nc1ccccc1CNC(=O)c1cccc(S(=O)(=O)NCc2ccccc2)c1. The van der Waals surface area contributed by atoms with Crippen LogP contribution < -0.4 is 14.8 Å². The number of hydrogen-bond donors (Lipinski definition) is 3. The van der Waals surface area contributed by atoms with Gasteiger partial charge >= 0.3 is 0 Å². The standard InChI is InChI=1S/C22H23N3O5S2/c1-31(27,28)25-21-13-6-5-10-19(21)16-23-22(26)18-11-7-12-20(14-18)32(29,30)24-15-17-8-3-2-4-9-17/h2-14,24-25H,15-16H2,1H3,(H,23,26). The molecule has 0 radical (unpaired) electrons. The van der Waals surface area contributed by atoms with Crippen LogP contribution in [0.2, 0.25) is 0 Å². The summed E-state index contributed by atoms with van der Waals surface area (Å²) >= 11 is 0. The number of benzene rings is 3. The molecule has 0 aliphatic rings. The lowest BCUT2D eigenvalue weighted by molar-refractivity contribution is 0.0951. The number of carbonyl (C=O) groups excluding carboxylic acids is 1. The number of amides is 1. The van der Waals surface area contributed by atoms with E-state index in [1.165, 1.54) is 24.3 Å². The van der Waals surface area contributed by atoms with Crippen molar-refractivity contribution >= 4 is 31.6 Å². The first kappa shape index (κ1) is 23.5. The Labute approximate surface area is 187 Å². The first-order chi connectivity index (χ1) is 15.1. The number of rotatable bonds is 9. The third-order valence-electron chi connectivity index (χ3n) is 4.47. The normalized spacial score (nSPS) is 11.7. The Balaban J connectivity index is 1.69. The zero-order valence-corrected chi connectivity index (χ0v) is 18.9. The van der Waals surface area contributed by atoms with Crippen molar-refractivity contribution in [2.75, 3.05) is 11.0 Å². The van der Waals surface area contributed by atoms with Crippen LogP contribution in [-0.2, 0) is 33.1 Å². The molecular formula is C22H23N3O5S2. The second-order valence-corrected chi connectivity index (χ2v) is 10.6. The molecule has 8 nitrogen and oxygen atoms in total. The fraction of sp³-hybridized carbons (Fsp3) is 0.136. The van der Waals surface area contributed by atoms with Crippen LogP contribution in [-0.4, -0.2) is 29.0 Å². The maximum Gasteiger partial charge on any atom is 0.251 e. The van der Waals surface area contributed by atoms with Gasteiger partial charge in [0.1, 0.15) is 0 Å². The van der Waals surface area contributed by atoms with E-state index >= 15 is 0 Å². The lowest BCUT2D eigenvalue weighted by Gasteiger charge is -2.12. The average Bonchev–Trinajstić information content (AvgIpc) is 2.77. The lowest BCUT2D eigenvalue weighted by atomic mass is 10.1. The van der Waals surface area contributed by atoms with Crippen LogP contribution in [0.1, 0.15) is 21.5 Å². The van der Waals surface area contributed by atoms with Crippen LogP contribution in [0.3, 0.4) is 0 Å². The van der Waals surface area contributed by atoms with Crippen molar-refractivity contribution in [1.82, 2.24) is 10.0 Å². The van der Waals surface area contributed by atoms with Crippen LogP contribution in [0.25, 0.3) is 0 Å². The molecule has 0 aliphatic carbocycles. The van der Waals surface area contributed by atoms with E-state index in [2.05, 4.69) is 14.8 Å². The summed E-state index contributed by atoms with van der Waals surface area (Å²) in [5.74, 6) is -0.487. The first-order valence-electron chi connectivity index (χ1n) is 9.62. The fourth-order valence-corrected chi connectivity index (χ4v) is 4.58. The first-order valence-corrected chi connectivity index (χ1v) is 13.0. The summed E-state index contributed by atoms with van der Waals surface area (Å²) in [6, 6.07) is 21.5. The van der Waals surface area contributed by atoms with Crippen molar-refractivity contribution in [3.63, 3.8) is 0 Å². The van der Waals surface area contributed by atoms with Gasteiger partial charge in [0.25, 0.3) is 5.91 Å². The van der Waals surface area contributed by atoms with E-state index in [-0.39, 0.29) is 23.5 Å². The highest BCUT2D eigenvalue weighted by Gasteiger charge is 2.16. The summed E-state index contributed by atoms with van der Waals surface area (Å²) in [7, 11) is -7.29. The van der Waals surface area contributed by atoms with Crippen molar-refractivity contribution in [1.29, 1.82) is 0 Å². The van der Waals surface area contributed by atoms with Gasteiger partial charge in [0, 0.05) is 18.7 Å². The molecule has 0 saturated heterocycles. The number of para-hydroxylation sites is 1. The van der Waals surface area contributed by atoms with Crippen molar-refractivity contribution < 1.29 is 21.6 Å². The Morgan fingerprint density at radius 2 is 1.50 bits per heavy atom. The highest BCUT2D eigenvalue weighted by Crippen LogP contribution is 2.17. The molecule has 0 fully saturated rings. The predicted molar refractivity (Wildman–Crippen MR) is 123 cm³/mol. The third kappa shape index (κ3) is 6.64. The highest BCUT2D eigenvalue weighted by molar-refractivity contribution is 7.92. The smallest absolute Gasteiger partial charge is 0.251 e. The molecule has 0 bridgehead atoms. The molecule has 0 unspecified atom stereocenters. The molecule has 0 aromatic heterocycles. The highest BCUT2D eigenvalue weighted by atomic mass is 32.2. The van der Waals surface area contributed by atoms with Crippen molar-refractivity contribution in [3.05, 3.63) is 95.6 Å². The maximum atomic E-state index is 12.6. The van der Waals surface area contributed by atoms with E-state index in [1.54, 1.807) is 24.3 Å². The molecule has 0 atom stereocenters. The Morgan fingerprint density at radius 1 is 0.812 bits per heavy atom. The van der Waals surface area contributed by atoms with Crippen LogP contribution in [0.5, 0.6) is 0 Å². The van der Waals surface area contributed by atoms with Gasteiger partial charge in [-0.25, -0.2) is 21.6 Å². The summed E-state index contributed by atoms with van der Waals surface area (Å²) in [5.41, 5.74) is 1.91. The summed E-state index contributed by atoms with van der Waals surface area (Å²) in [6.07, 6.45) is 1.04. The predicted octanol–water partition coefficient (Wildman–Crippen LogP) is 2.47. The van der Waals surface area contributed by atoms with Crippen molar-refractivity contribution in [2.24, 2.45) is 0 Å². The van der Waals surface area contributed by atoms with E-state index in [9.17, 15) is 21.6 Å². The monoisotopic (exact) mass is 473 g/mol. The molecule has 168 valence electrons. The van der Waals surface area contributed by atoms with Crippen molar-refractivity contribution in [3.8, 4) is 0 Å². The van der Waals surface area contributed by atoms with Gasteiger partial charge in [0.05, 0.1) is 16.8 Å². The zero-order chi connectivity index (χ0) is 23.2. The van der Waals surface area contributed by atoms with E-state index in [1.807, 2.05) is 30.3 Å². The van der Waals surface area contributed by atoms with E-state index in [0.717, 1.165) is 11.8 Å². The number of carbonyl (C=O) groups is 1. The molecule has 0 aliphatic heterocycles. The van der Waals surface area contributed by atoms with Crippen LogP contribution in [0.15, 0.2) is 83.8 Å². The van der Waals surface area contributed by atoms with Gasteiger partial charge < -0.3 is 5.32 Å². The summed E-state index contributed by atoms with van der Waals surface area (Å²) in [4.78, 5) is 12.6. The molecule has 0 saturated carbocycles. The molecule has 32 heavy (non-hydrogen) atoms. The third-order valence-corrected chi connectivity index (χ3v) is 6.46. The Morgan fingerprint density at radius 3 is 2.22 bits per heavy atom. The van der Waals surface area contributed by atoms with Gasteiger partial charge in [0.2, 0.25) is 20.0 Å². The minimum Gasteiger partial charge on any atom is -0.348 e. The summed E-state index contributed by atoms with van der Waals surface area (Å²) < 4.78 is 53.2. The van der Waals surface area contributed by atoms with E-state index < -0.39 is 26.0 Å². The zero-order valence-electron chi connectivity index (χ0n) is 17.3. The second kappa shape index (κ2) is 9.94. The number of nitrogens with one attached hydrogen (secondary N) is 3. The minimum atomic E-state index is -3.82. The van der Waals surface area contributed by atoms with Crippen LogP contribution in [0, 0.1) is 0 Å². The Kier molecular flexibility index (Phi) is 7.29. The molecule has 3 N–H and O–H groups in total. The van der Waals surface area contributed by atoms with Gasteiger partial charge in [-0.1, -0.05) is 54.6 Å². The summed E-state index contributed by atoms with van der Waals surface area (Å²) in [6.45, 7) is 0.185. The minimum absolute atomic E-state index is 0.0276. The average molecular weight is 474 g/mol. The van der Waals surface area contributed by atoms with Gasteiger partial charge in [-0.2, -0.15) is 0 Å². The molecule has 0 heterocycles. The lowest BCUT2D eigenvalue weighted by Crippen LogP contribution is -2.26. The molecule has 3 aromatic rings. The molecule has 3 rings (SSSR count). The van der Waals surface area contributed by atoms with Crippen LogP contribution in [0.4, 0.5) is 5.69 Å². The maximum absolute atomic E-state index is 12.6. The molecule has 1 amide bonds. The Hall–Kier alpha value is -3.21. The number of sulfonamides is 2. The van der Waals surface area contributed by atoms with Crippen LogP contribution >= 0.6 is 0 Å². The van der Waals surface area contributed by atoms with Crippen molar-refractivity contribution in [2.45, 2.75) is 18.0 Å². The molecule has 0 spiro atoms. The fourth-order valence-electron chi connectivity index (χ4n) is 2.91. The Bertz CT molecular complexity index is 1310. The molecule has 10 heteroatoms. The van der Waals surface area contributed by atoms with Gasteiger partial charge in [-0.3, -0.25) is 9.52 Å². The largest absolute Gasteiger partial charge is 0.348 e. The van der Waals surface area contributed by atoms with E-state index in [4.69, 9.17) is 0 Å². The quantitative estimate of drug-likeness (QED) is 0.441.